The molecule has 5 rings (SSSR count). The highest BCUT2D eigenvalue weighted by Crippen LogP contribution is 2.34. The molecule has 3 heterocycles. The van der Waals surface area contributed by atoms with E-state index in [1.807, 2.05) is 57.2 Å². The van der Waals surface area contributed by atoms with Gasteiger partial charge in [0.15, 0.2) is 0 Å². The molecule has 0 aliphatic carbocycles. The van der Waals surface area contributed by atoms with Gasteiger partial charge in [-0.1, -0.05) is 48.5 Å². The number of amides is 2. The summed E-state index contributed by atoms with van der Waals surface area (Å²) in [5.41, 5.74) is 9.30. The van der Waals surface area contributed by atoms with Crippen molar-refractivity contribution >= 4 is 17.5 Å². The fourth-order valence-electron chi connectivity index (χ4n) is 4.62. The Hall–Kier alpha value is -4.53. The predicted molar refractivity (Wildman–Crippen MR) is 154 cm³/mol. The topological polar surface area (TPSA) is 108 Å². The summed E-state index contributed by atoms with van der Waals surface area (Å²) in [4.78, 5) is 17.8. The lowest BCUT2D eigenvalue weighted by Crippen LogP contribution is -2.21. The van der Waals surface area contributed by atoms with E-state index in [-0.39, 0.29) is 0 Å². The molecule has 1 aliphatic rings. The summed E-state index contributed by atoms with van der Waals surface area (Å²) in [5.74, 6) is 2.35. The molecular formula is C30H36N6O3. The third-order valence-corrected chi connectivity index (χ3v) is 6.43. The van der Waals surface area contributed by atoms with Gasteiger partial charge < -0.3 is 20.1 Å². The molecule has 1 unspecified atom stereocenters. The van der Waals surface area contributed by atoms with Gasteiger partial charge in [-0.15, -0.1) is 5.10 Å². The lowest BCUT2D eigenvalue weighted by molar-refractivity contribution is 0.259. The van der Waals surface area contributed by atoms with Crippen LogP contribution in [0.1, 0.15) is 37.3 Å². The summed E-state index contributed by atoms with van der Waals surface area (Å²) in [6.45, 7) is 8.95. The average molecular weight is 529 g/mol. The van der Waals surface area contributed by atoms with E-state index in [1.54, 1.807) is 10.9 Å². The SMILES string of the molecule is CCOc1ncccc1N1CCC(c2ccccc2)C1.CCOc1nn(-c2ccccc2)c(NC(N)=O)c1C. The summed E-state index contributed by atoms with van der Waals surface area (Å²) in [6, 6.07) is 23.7. The van der Waals surface area contributed by atoms with Crippen molar-refractivity contribution in [3.63, 3.8) is 0 Å². The number of ether oxygens (including phenoxy) is 2. The third-order valence-electron chi connectivity index (χ3n) is 6.43. The number of pyridine rings is 1. The first-order chi connectivity index (χ1) is 19.0. The second-order valence-electron chi connectivity index (χ2n) is 9.05. The molecule has 2 aromatic carbocycles. The Bertz CT molecular complexity index is 1340. The molecule has 1 atom stereocenters. The summed E-state index contributed by atoms with van der Waals surface area (Å²) >= 11 is 0. The molecule has 2 amide bonds. The summed E-state index contributed by atoms with van der Waals surface area (Å²) in [5, 5.41) is 6.93. The molecule has 0 radical (unpaired) electrons. The van der Waals surface area contributed by atoms with Crippen LogP contribution in [-0.4, -0.2) is 47.1 Å². The van der Waals surface area contributed by atoms with E-state index < -0.39 is 6.03 Å². The maximum atomic E-state index is 11.1. The molecule has 4 aromatic rings. The van der Waals surface area contributed by atoms with Crippen LogP contribution >= 0.6 is 0 Å². The van der Waals surface area contributed by atoms with Gasteiger partial charge >= 0.3 is 6.03 Å². The zero-order valence-corrected chi connectivity index (χ0v) is 22.7. The number of carbonyl (C=O) groups excluding carboxylic acids is 1. The van der Waals surface area contributed by atoms with Crippen LogP contribution in [0.4, 0.5) is 16.3 Å². The van der Waals surface area contributed by atoms with Gasteiger partial charge in [0.2, 0.25) is 11.8 Å². The minimum atomic E-state index is -0.636. The summed E-state index contributed by atoms with van der Waals surface area (Å²) in [6.07, 6.45) is 2.98. The molecule has 2 aromatic heterocycles. The first-order valence-electron chi connectivity index (χ1n) is 13.2. The van der Waals surface area contributed by atoms with E-state index in [4.69, 9.17) is 15.2 Å². The number of anilines is 2. The highest BCUT2D eigenvalue weighted by molar-refractivity contribution is 5.88. The van der Waals surface area contributed by atoms with Crippen molar-refractivity contribution in [1.82, 2.24) is 14.8 Å². The molecule has 0 spiro atoms. The van der Waals surface area contributed by atoms with Crippen molar-refractivity contribution in [1.29, 1.82) is 0 Å². The normalized spacial score (nSPS) is 14.3. The van der Waals surface area contributed by atoms with Gasteiger partial charge in [0.1, 0.15) is 5.82 Å². The molecule has 0 bridgehead atoms. The summed E-state index contributed by atoms with van der Waals surface area (Å²) in [7, 11) is 0. The van der Waals surface area contributed by atoms with Gasteiger partial charge in [0.25, 0.3) is 0 Å². The fourth-order valence-corrected chi connectivity index (χ4v) is 4.62. The second kappa shape index (κ2) is 13.3. The van der Waals surface area contributed by atoms with Gasteiger partial charge in [0.05, 0.1) is 30.2 Å². The van der Waals surface area contributed by atoms with Crippen molar-refractivity contribution in [3.05, 3.63) is 90.1 Å². The lowest BCUT2D eigenvalue weighted by atomic mass is 9.99. The predicted octanol–water partition coefficient (Wildman–Crippen LogP) is 5.54. The van der Waals surface area contributed by atoms with Crippen LogP contribution in [-0.2, 0) is 0 Å². The number of hydrogen-bond donors (Lipinski definition) is 2. The Labute approximate surface area is 229 Å². The number of nitrogens with two attached hydrogens (primary N) is 1. The monoisotopic (exact) mass is 528 g/mol. The minimum Gasteiger partial charge on any atom is -0.477 e. The largest absolute Gasteiger partial charge is 0.477 e. The number of carbonyl (C=O) groups is 1. The van der Waals surface area contributed by atoms with Crippen LogP contribution in [0, 0.1) is 6.92 Å². The summed E-state index contributed by atoms with van der Waals surface area (Å²) < 4.78 is 12.7. The van der Waals surface area contributed by atoms with Crippen molar-refractivity contribution in [2.24, 2.45) is 5.73 Å². The van der Waals surface area contributed by atoms with Crippen LogP contribution in [0.25, 0.3) is 5.69 Å². The molecule has 204 valence electrons. The Morgan fingerprint density at radius 2 is 1.64 bits per heavy atom. The average Bonchev–Trinajstić information content (AvgIpc) is 3.57. The Balaban J connectivity index is 0.000000181. The zero-order valence-electron chi connectivity index (χ0n) is 22.7. The molecule has 0 saturated carbocycles. The lowest BCUT2D eigenvalue weighted by Gasteiger charge is -2.21. The van der Waals surface area contributed by atoms with Crippen molar-refractivity contribution in [2.75, 3.05) is 36.5 Å². The van der Waals surface area contributed by atoms with E-state index in [0.29, 0.717) is 30.8 Å². The second-order valence-corrected chi connectivity index (χ2v) is 9.05. The number of benzene rings is 2. The molecule has 39 heavy (non-hydrogen) atoms. The molecule has 1 saturated heterocycles. The van der Waals surface area contributed by atoms with Crippen molar-refractivity contribution in [3.8, 4) is 17.4 Å². The molecule has 1 aliphatic heterocycles. The number of nitrogens with zero attached hydrogens (tertiary/aromatic N) is 4. The fraction of sp³-hybridized carbons (Fsp3) is 0.300. The first-order valence-corrected chi connectivity index (χ1v) is 13.2. The third kappa shape index (κ3) is 6.87. The smallest absolute Gasteiger partial charge is 0.317 e. The standard InChI is InChI=1S/C17H20N2O.C13H16N4O2/c1-2-20-17-16(9-6-11-18-17)19-12-10-15(13-19)14-7-4-3-5-8-14;1-3-19-12-9(2)11(15-13(14)18)17(16-12)10-7-5-4-6-8-10/h3-9,11,15H,2,10,12-13H2,1H3;4-8H,3H2,1-2H3,(H3,14,15,18). The maximum absolute atomic E-state index is 11.1. The zero-order chi connectivity index (χ0) is 27.6. The van der Waals surface area contributed by atoms with Crippen LogP contribution in [0.5, 0.6) is 11.8 Å². The van der Waals surface area contributed by atoms with Gasteiger partial charge in [-0.3, -0.25) is 5.32 Å². The van der Waals surface area contributed by atoms with Gasteiger partial charge in [-0.2, -0.15) is 0 Å². The number of hydrogen-bond acceptors (Lipinski definition) is 6. The number of aromatic nitrogens is 3. The van der Waals surface area contributed by atoms with Gasteiger partial charge in [-0.25, -0.2) is 14.5 Å². The number of para-hydroxylation sites is 1. The van der Waals surface area contributed by atoms with Crippen LogP contribution in [0.3, 0.4) is 0 Å². The molecule has 9 nitrogen and oxygen atoms in total. The van der Waals surface area contributed by atoms with E-state index in [9.17, 15) is 4.79 Å². The minimum absolute atomic E-state index is 0.482. The van der Waals surface area contributed by atoms with Gasteiger partial charge in [-0.05, 0) is 57.0 Å². The van der Waals surface area contributed by atoms with E-state index >= 15 is 0 Å². The number of urea groups is 1. The Morgan fingerprint density at radius 1 is 0.974 bits per heavy atom. The molecule has 9 heteroatoms. The van der Waals surface area contributed by atoms with Crippen molar-refractivity contribution in [2.45, 2.75) is 33.1 Å². The molecular weight excluding hydrogens is 492 g/mol. The molecule has 3 N–H and O–H groups in total. The van der Waals surface area contributed by atoms with Crippen LogP contribution in [0.2, 0.25) is 0 Å². The van der Waals surface area contributed by atoms with Gasteiger partial charge in [0, 0.05) is 25.2 Å². The number of primary amides is 1. The molecule has 1 fully saturated rings. The van der Waals surface area contributed by atoms with E-state index in [0.717, 1.165) is 35.9 Å². The van der Waals surface area contributed by atoms with Crippen LogP contribution in [0.15, 0.2) is 79.0 Å². The van der Waals surface area contributed by atoms with Crippen LogP contribution < -0.4 is 25.4 Å². The Morgan fingerprint density at radius 3 is 2.31 bits per heavy atom. The van der Waals surface area contributed by atoms with E-state index in [1.165, 1.54) is 12.0 Å². The van der Waals surface area contributed by atoms with Crippen molar-refractivity contribution < 1.29 is 14.3 Å². The van der Waals surface area contributed by atoms with E-state index in [2.05, 4.69) is 56.7 Å². The first kappa shape index (κ1) is 27.5. The highest BCUT2D eigenvalue weighted by Gasteiger charge is 2.26. The maximum Gasteiger partial charge on any atom is 0.317 e. The number of rotatable bonds is 8. The number of nitrogens with one attached hydrogen (secondary N) is 1. The quantitative estimate of drug-likeness (QED) is 0.311. The highest BCUT2D eigenvalue weighted by atomic mass is 16.5. The Kier molecular flexibility index (Phi) is 9.39.